The second-order valence-electron chi connectivity index (χ2n) is 14.7. The average molecular weight is 852 g/mol. The van der Waals surface area contributed by atoms with Crippen molar-refractivity contribution < 1.29 is 50.6 Å². The van der Waals surface area contributed by atoms with Crippen molar-refractivity contribution in [3.8, 4) is 11.1 Å². The number of benzene rings is 2. The van der Waals surface area contributed by atoms with Crippen molar-refractivity contribution in [2.45, 2.75) is 59.3 Å². The summed E-state index contributed by atoms with van der Waals surface area (Å²) in [5.74, 6) is -1.46. The van der Waals surface area contributed by atoms with Gasteiger partial charge in [0, 0.05) is 73.9 Å². The van der Waals surface area contributed by atoms with Crippen molar-refractivity contribution >= 4 is 35.4 Å². The standard InChI is InChI=1S/C40H51F2N5O6S.C2H3F3/c1-40(2,3)39(34-24-30(32-25-31(41)10-11-33(32)42)27-45(34)26-29-8-5-4-6-9-29)47(17-7-15-43)38(51)28-54-23-14-35(48)44-16-19-52-21-22-53-20-18-46-36(49)12-13-37(46)50;1-2(3,4)5/h4-6,8-13,24-25,27,39H,7,14-23,26,28,43H2,1-3H3,(H,44,48);1H3. The minimum Gasteiger partial charge on any atom is -0.377 e. The van der Waals surface area contributed by atoms with Crippen LogP contribution >= 0.6 is 11.8 Å². The van der Waals surface area contributed by atoms with Crippen molar-refractivity contribution in [3.63, 3.8) is 0 Å². The summed E-state index contributed by atoms with van der Waals surface area (Å²) in [6, 6.07) is 14.6. The summed E-state index contributed by atoms with van der Waals surface area (Å²) in [6.45, 7) is 9.17. The summed E-state index contributed by atoms with van der Waals surface area (Å²) in [4.78, 5) is 52.5. The molecule has 4 amide bonds. The number of halogens is 5. The number of imide groups is 1. The molecule has 3 N–H and O–H groups in total. The molecule has 11 nitrogen and oxygen atoms in total. The number of carbonyl (C=O) groups is 4. The van der Waals surface area contributed by atoms with Crippen LogP contribution in [0.4, 0.5) is 22.0 Å². The number of hydrogen-bond acceptors (Lipinski definition) is 8. The van der Waals surface area contributed by atoms with E-state index in [0.29, 0.717) is 50.5 Å². The van der Waals surface area contributed by atoms with E-state index in [9.17, 15) is 36.7 Å². The van der Waals surface area contributed by atoms with Gasteiger partial charge in [0.15, 0.2) is 0 Å². The minimum atomic E-state index is -4.00. The van der Waals surface area contributed by atoms with E-state index in [-0.39, 0.29) is 74.7 Å². The molecule has 0 radical (unpaired) electrons. The van der Waals surface area contributed by atoms with Gasteiger partial charge in [0.25, 0.3) is 11.8 Å². The fraction of sp³-hybridized carbons (Fsp3) is 0.476. The van der Waals surface area contributed by atoms with Crippen LogP contribution in [0.3, 0.4) is 0 Å². The Hall–Kier alpha value is -4.58. The molecule has 3 aromatic rings. The average Bonchev–Trinajstić information content (AvgIpc) is 3.71. The number of alkyl halides is 3. The monoisotopic (exact) mass is 851 g/mol. The maximum absolute atomic E-state index is 15.0. The second-order valence-corrected chi connectivity index (χ2v) is 15.8. The first-order valence-corrected chi connectivity index (χ1v) is 20.3. The first-order valence-electron chi connectivity index (χ1n) is 19.2. The second kappa shape index (κ2) is 23.9. The molecule has 17 heteroatoms. The first kappa shape index (κ1) is 48.8. The Morgan fingerprint density at radius 3 is 2.19 bits per heavy atom. The lowest BCUT2D eigenvalue weighted by Gasteiger charge is -2.41. The predicted molar refractivity (Wildman–Crippen MR) is 217 cm³/mol. The molecule has 1 unspecified atom stereocenters. The highest BCUT2D eigenvalue weighted by atomic mass is 32.2. The third kappa shape index (κ3) is 17.3. The Balaban J connectivity index is 0.00000175. The molecule has 0 spiro atoms. The lowest BCUT2D eigenvalue weighted by molar-refractivity contribution is -0.138. The van der Waals surface area contributed by atoms with Crippen LogP contribution in [0, 0.1) is 17.0 Å². The van der Waals surface area contributed by atoms with Gasteiger partial charge in [-0.1, -0.05) is 51.1 Å². The van der Waals surface area contributed by atoms with Gasteiger partial charge < -0.3 is 30.0 Å². The molecule has 0 bridgehead atoms. The van der Waals surface area contributed by atoms with Crippen LogP contribution in [0.15, 0.2) is 72.9 Å². The number of nitrogens with one attached hydrogen (secondary N) is 1. The smallest absolute Gasteiger partial charge is 0.377 e. The topological polar surface area (TPSA) is 136 Å². The van der Waals surface area contributed by atoms with Gasteiger partial charge in [-0.25, -0.2) is 8.78 Å². The van der Waals surface area contributed by atoms with Crippen molar-refractivity contribution in [3.05, 3.63) is 95.8 Å². The van der Waals surface area contributed by atoms with Gasteiger partial charge in [0.2, 0.25) is 11.8 Å². The third-order valence-corrected chi connectivity index (χ3v) is 9.64. The zero-order chi connectivity index (χ0) is 43.6. The van der Waals surface area contributed by atoms with Crippen molar-refractivity contribution in [1.29, 1.82) is 0 Å². The molecule has 1 aliphatic heterocycles. The highest BCUT2D eigenvalue weighted by Gasteiger charge is 2.37. The van der Waals surface area contributed by atoms with E-state index in [1.165, 1.54) is 30.0 Å². The summed E-state index contributed by atoms with van der Waals surface area (Å²) in [5, 5.41) is 2.81. The van der Waals surface area contributed by atoms with Crippen LogP contribution in [0.1, 0.15) is 57.8 Å². The Morgan fingerprint density at radius 1 is 0.915 bits per heavy atom. The maximum atomic E-state index is 15.0. The first-order chi connectivity index (χ1) is 27.9. The van der Waals surface area contributed by atoms with Crippen LogP contribution in [0.25, 0.3) is 11.1 Å². The normalized spacial score (nSPS) is 13.4. The Morgan fingerprint density at radius 2 is 1.56 bits per heavy atom. The molecule has 1 aliphatic rings. The van der Waals surface area contributed by atoms with Gasteiger partial charge in [-0.2, -0.15) is 24.9 Å². The highest BCUT2D eigenvalue weighted by Crippen LogP contribution is 2.41. The van der Waals surface area contributed by atoms with Gasteiger partial charge in [0.1, 0.15) is 11.6 Å². The number of aromatic nitrogens is 1. The van der Waals surface area contributed by atoms with E-state index in [4.69, 9.17) is 15.2 Å². The van der Waals surface area contributed by atoms with Gasteiger partial charge in [0.05, 0.1) is 44.8 Å². The van der Waals surface area contributed by atoms with Crippen LogP contribution in [-0.4, -0.2) is 108 Å². The molecule has 1 aromatic heterocycles. The lowest BCUT2D eigenvalue weighted by Crippen LogP contribution is -2.44. The Bertz CT molecular complexity index is 1830. The minimum absolute atomic E-state index is 0.106. The van der Waals surface area contributed by atoms with E-state index < -0.39 is 29.3 Å². The van der Waals surface area contributed by atoms with Crippen molar-refractivity contribution in [2.24, 2.45) is 11.1 Å². The predicted octanol–water partition coefficient (Wildman–Crippen LogP) is 6.51. The Labute approximate surface area is 346 Å². The molecule has 1 atom stereocenters. The third-order valence-electron chi connectivity index (χ3n) is 8.70. The number of thioether (sulfide) groups is 1. The maximum Gasteiger partial charge on any atom is 0.386 e. The number of carbonyl (C=O) groups excluding carboxylic acids is 4. The number of amides is 4. The van der Waals surface area contributed by atoms with Crippen LogP contribution in [0.2, 0.25) is 0 Å². The fourth-order valence-corrected chi connectivity index (χ4v) is 6.97. The molecule has 0 saturated carbocycles. The lowest BCUT2D eigenvalue weighted by atomic mass is 9.83. The molecule has 59 heavy (non-hydrogen) atoms. The van der Waals surface area contributed by atoms with Gasteiger partial charge >= 0.3 is 6.18 Å². The number of ether oxygens (including phenoxy) is 2. The number of nitrogens with zero attached hydrogens (tertiary/aromatic N) is 3. The summed E-state index contributed by atoms with van der Waals surface area (Å²) < 4.78 is 73.3. The summed E-state index contributed by atoms with van der Waals surface area (Å²) in [6.07, 6.45) is 1.07. The molecule has 0 saturated heterocycles. The van der Waals surface area contributed by atoms with E-state index in [0.717, 1.165) is 28.3 Å². The van der Waals surface area contributed by atoms with Crippen molar-refractivity contribution in [1.82, 2.24) is 19.7 Å². The molecular formula is C42H54F5N5O6S. The SMILES string of the molecule is CC(C)(C)C(c1cc(-c2cc(F)ccc2F)cn1Cc1ccccc1)N(CCCN)C(=O)CSCCC(=O)NCCOCCOCCN1C(=O)C=CC1=O.CC(F)(F)F. The fourth-order valence-electron chi connectivity index (χ4n) is 6.16. The molecule has 2 heterocycles. The van der Waals surface area contributed by atoms with E-state index in [2.05, 4.69) is 26.1 Å². The van der Waals surface area contributed by atoms with Crippen LogP contribution < -0.4 is 11.1 Å². The molecular weight excluding hydrogens is 798 g/mol. The van der Waals surface area contributed by atoms with Crippen LogP contribution in [-0.2, 0) is 35.2 Å². The highest BCUT2D eigenvalue weighted by molar-refractivity contribution is 7.99. The molecule has 0 fully saturated rings. The number of rotatable bonds is 22. The van der Waals surface area contributed by atoms with E-state index >= 15 is 4.39 Å². The molecule has 0 aliphatic carbocycles. The zero-order valence-electron chi connectivity index (χ0n) is 33.9. The summed E-state index contributed by atoms with van der Waals surface area (Å²) in [7, 11) is 0. The zero-order valence-corrected chi connectivity index (χ0v) is 34.7. The summed E-state index contributed by atoms with van der Waals surface area (Å²) >= 11 is 1.37. The van der Waals surface area contributed by atoms with Gasteiger partial charge in [-0.3, -0.25) is 24.1 Å². The van der Waals surface area contributed by atoms with Crippen LogP contribution in [0.5, 0.6) is 0 Å². The van der Waals surface area contributed by atoms with E-state index in [1.54, 1.807) is 0 Å². The molecule has 324 valence electrons. The molecule has 4 rings (SSSR count). The summed E-state index contributed by atoms with van der Waals surface area (Å²) in [5.41, 5.74) is 7.94. The number of hydrogen-bond donors (Lipinski definition) is 2. The molecule has 2 aromatic carbocycles. The van der Waals surface area contributed by atoms with E-state index in [1.807, 2.05) is 52.1 Å². The number of nitrogens with two attached hydrogens (primary N) is 1. The van der Waals surface area contributed by atoms with Crippen molar-refractivity contribution in [2.75, 3.05) is 64.1 Å². The largest absolute Gasteiger partial charge is 0.386 e. The quantitative estimate of drug-likeness (QED) is 0.0664. The Kier molecular flexibility index (Phi) is 19.7. The van der Waals surface area contributed by atoms with Gasteiger partial charge in [-0.05, 0) is 48.2 Å². The van der Waals surface area contributed by atoms with Gasteiger partial charge in [-0.15, -0.1) is 0 Å².